The van der Waals surface area contributed by atoms with Gasteiger partial charge in [-0.25, -0.2) is 19.2 Å². The number of nitrogens with zero attached hydrogens (tertiary/aromatic N) is 4. The SMILES string of the molecule is C[C@@]1(c2ccc(Cl)cc2F)Oc2ccccc2C(C2CCN(Cc3nc4sc(C(=O)O)nc4n3C[C@@H]3CCO3)CC2)O1. The second-order valence-corrected chi connectivity index (χ2v) is 12.6. The Morgan fingerprint density at radius 3 is 2.69 bits per heavy atom. The minimum Gasteiger partial charge on any atom is -0.476 e. The highest BCUT2D eigenvalue weighted by Crippen LogP contribution is 2.49. The molecule has 0 spiro atoms. The molecule has 0 radical (unpaired) electrons. The quantitative estimate of drug-likeness (QED) is 0.271. The molecule has 0 aliphatic carbocycles. The lowest BCUT2D eigenvalue weighted by atomic mass is 9.85. The molecule has 5 heterocycles. The largest absolute Gasteiger partial charge is 0.476 e. The summed E-state index contributed by atoms with van der Waals surface area (Å²) >= 11 is 7.12. The Labute approximate surface area is 250 Å². The molecule has 2 aromatic carbocycles. The Hall–Kier alpha value is -3.09. The molecule has 2 saturated heterocycles. The zero-order valence-corrected chi connectivity index (χ0v) is 24.5. The normalized spacial score (nSPS) is 24.7. The Bertz CT molecular complexity index is 1650. The number of rotatable bonds is 7. The molecule has 220 valence electrons. The van der Waals surface area contributed by atoms with E-state index in [0.29, 0.717) is 39.9 Å². The highest BCUT2D eigenvalue weighted by Gasteiger charge is 2.44. The maximum absolute atomic E-state index is 15.0. The van der Waals surface area contributed by atoms with Gasteiger partial charge in [0.15, 0.2) is 10.5 Å². The van der Waals surface area contributed by atoms with Crippen molar-refractivity contribution in [3.63, 3.8) is 0 Å². The van der Waals surface area contributed by atoms with Crippen molar-refractivity contribution in [2.45, 2.75) is 57.3 Å². The summed E-state index contributed by atoms with van der Waals surface area (Å²) in [7, 11) is 0. The Balaban J connectivity index is 1.09. The van der Waals surface area contributed by atoms with Crippen molar-refractivity contribution >= 4 is 39.4 Å². The van der Waals surface area contributed by atoms with E-state index in [9.17, 15) is 9.90 Å². The van der Waals surface area contributed by atoms with Crippen LogP contribution in [-0.4, -0.2) is 56.3 Å². The van der Waals surface area contributed by atoms with E-state index in [1.165, 1.54) is 6.07 Å². The van der Waals surface area contributed by atoms with Crippen molar-refractivity contribution < 1.29 is 28.5 Å². The number of carboxylic acids is 1. The van der Waals surface area contributed by atoms with Crippen molar-refractivity contribution in [2.24, 2.45) is 5.92 Å². The lowest BCUT2D eigenvalue weighted by Gasteiger charge is -2.44. The van der Waals surface area contributed by atoms with Crippen LogP contribution in [0.5, 0.6) is 5.75 Å². The van der Waals surface area contributed by atoms with Gasteiger partial charge in [-0.15, -0.1) is 0 Å². The zero-order chi connectivity index (χ0) is 29.0. The number of hydrogen-bond acceptors (Lipinski definition) is 8. The minimum absolute atomic E-state index is 0.0466. The van der Waals surface area contributed by atoms with Crippen molar-refractivity contribution in [2.75, 3.05) is 19.7 Å². The van der Waals surface area contributed by atoms with Crippen molar-refractivity contribution in [1.29, 1.82) is 0 Å². The van der Waals surface area contributed by atoms with Gasteiger partial charge >= 0.3 is 5.97 Å². The van der Waals surface area contributed by atoms with Crippen LogP contribution in [0, 0.1) is 11.7 Å². The topological polar surface area (TPSA) is 98.9 Å². The van der Waals surface area contributed by atoms with Crippen LogP contribution in [0.15, 0.2) is 42.5 Å². The van der Waals surface area contributed by atoms with Crippen LogP contribution in [0.4, 0.5) is 4.39 Å². The smallest absolute Gasteiger partial charge is 0.365 e. The van der Waals surface area contributed by atoms with Crippen LogP contribution in [-0.2, 0) is 28.4 Å². The van der Waals surface area contributed by atoms with Crippen LogP contribution >= 0.6 is 22.9 Å². The van der Waals surface area contributed by atoms with Crippen LogP contribution in [0.25, 0.3) is 10.5 Å². The lowest BCUT2D eigenvalue weighted by Crippen LogP contribution is -2.43. The zero-order valence-electron chi connectivity index (χ0n) is 23.0. The minimum atomic E-state index is -1.30. The van der Waals surface area contributed by atoms with Gasteiger partial charge in [0.05, 0.1) is 30.9 Å². The summed E-state index contributed by atoms with van der Waals surface area (Å²) in [5, 5.41) is 9.78. The molecule has 9 nitrogen and oxygen atoms in total. The third-order valence-corrected chi connectivity index (χ3v) is 9.64. The number of ether oxygens (including phenoxy) is 3. The number of aromatic carboxylic acids is 1. The number of halogens is 2. The predicted octanol–water partition coefficient (Wildman–Crippen LogP) is 6.01. The van der Waals surface area contributed by atoms with E-state index in [-0.39, 0.29) is 23.1 Å². The van der Waals surface area contributed by atoms with E-state index in [1.807, 2.05) is 28.8 Å². The molecule has 3 aliphatic heterocycles. The molecule has 7 rings (SSSR count). The fourth-order valence-electron chi connectivity index (χ4n) is 6.18. The Morgan fingerprint density at radius 2 is 1.98 bits per heavy atom. The fraction of sp³-hybridized carbons (Fsp3) is 0.433. The van der Waals surface area contributed by atoms with Crippen molar-refractivity contribution in [3.05, 3.63) is 75.3 Å². The van der Waals surface area contributed by atoms with Crippen LogP contribution in [0.3, 0.4) is 0 Å². The van der Waals surface area contributed by atoms with E-state index < -0.39 is 17.6 Å². The molecule has 3 atom stereocenters. The van der Waals surface area contributed by atoms with Crippen molar-refractivity contribution in [3.8, 4) is 5.75 Å². The van der Waals surface area contributed by atoms with Crippen LogP contribution in [0.2, 0.25) is 5.02 Å². The summed E-state index contributed by atoms with van der Waals surface area (Å²) in [4.78, 5) is 23.7. The number of carboxylic acid groups (broad SMARTS) is 1. The standard InChI is InChI=1S/C30H30ClFN4O5S/c1-30(21-7-6-18(31)14-22(21)32)40-23-5-3-2-4-20(23)25(41-30)17-8-11-35(12-9-17)16-24-33-27-26(34-28(42-27)29(37)38)36(24)15-19-10-13-39-19/h2-7,14,17,19,25H,8-13,15-16H2,1H3,(H,37,38)/t19-,25?,30+/m0/s1. The summed E-state index contributed by atoms with van der Waals surface area (Å²) in [6.45, 7) is 5.39. The average Bonchev–Trinajstić information content (AvgIpc) is 3.49. The molecule has 42 heavy (non-hydrogen) atoms. The first kappa shape index (κ1) is 27.7. The lowest BCUT2D eigenvalue weighted by molar-refractivity contribution is -0.243. The first-order valence-electron chi connectivity index (χ1n) is 14.1. The average molecular weight is 613 g/mol. The third-order valence-electron chi connectivity index (χ3n) is 8.48. The number of para-hydroxylation sites is 1. The van der Waals surface area contributed by atoms with E-state index in [0.717, 1.165) is 61.7 Å². The number of aromatic nitrogens is 3. The van der Waals surface area contributed by atoms with Gasteiger partial charge in [0.25, 0.3) is 0 Å². The monoisotopic (exact) mass is 612 g/mol. The molecule has 1 N–H and O–H groups in total. The second kappa shape index (κ2) is 10.9. The number of imidazole rings is 1. The summed E-state index contributed by atoms with van der Waals surface area (Å²) in [5.74, 6) is -1.04. The van der Waals surface area contributed by atoms with E-state index in [4.69, 9.17) is 30.8 Å². The molecular formula is C30H30ClFN4O5S. The van der Waals surface area contributed by atoms with Gasteiger partial charge in [-0.3, -0.25) is 4.90 Å². The molecule has 0 saturated carbocycles. The molecule has 2 fully saturated rings. The molecule has 0 bridgehead atoms. The number of piperidine rings is 1. The maximum atomic E-state index is 15.0. The molecule has 0 amide bonds. The predicted molar refractivity (Wildman–Crippen MR) is 154 cm³/mol. The number of benzene rings is 2. The van der Waals surface area contributed by atoms with E-state index >= 15 is 4.39 Å². The third kappa shape index (κ3) is 5.07. The van der Waals surface area contributed by atoms with Gasteiger partial charge < -0.3 is 23.9 Å². The van der Waals surface area contributed by atoms with Gasteiger partial charge in [-0.1, -0.05) is 41.1 Å². The van der Waals surface area contributed by atoms with Gasteiger partial charge in [0, 0.05) is 24.1 Å². The molecule has 1 unspecified atom stereocenters. The molecule has 12 heteroatoms. The number of hydrogen-bond donors (Lipinski definition) is 1. The molecule has 2 aromatic heterocycles. The summed E-state index contributed by atoms with van der Waals surface area (Å²) < 4.78 is 35.6. The summed E-state index contributed by atoms with van der Waals surface area (Å²) in [5.41, 5.74) is 1.89. The Morgan fingerprint density at radius 1 is 1.19 bits per heavy atom. The van der Waals surface area contributed by atoms with Gasteiger partial charge in [0.1, 0.15) is 17.4 Å². The second-order valence-electron chi connectivity index (χ2n) is 11.2. The van der Waals surface area contributed by atoms with Gasteiger partial charge in [-0.2, -0.15) is 0 Å². The summed E-state index contributed by atoms with van der Waals surface area (Å²) in [6.07, 6.45) is 2.54. The highest BCUT2D eigenvalue weighted by molar-refractivity contribution is 7.19. The van der Waals surface area contributed by atoms with Crippen LogP contribution in [0.1, 0.15) is 59.0 Å². The Kier molecular flexibility index (Phi) is 7.18. The van der Waals surface area contributed by atoms with Gasteiger partial charge in [0.2, 0.25) is 10.8 Å². The number of carbonyl (C=O) groups is 1. The van der Waals surface area contributed by atoms with Crippen LogP contribution < -0.4 is 4.74 Å². The molecule has 4 aromatic rings. The maximum Gasteiger partial charge on any atom is 0.365 e. The van der Waals surface area contributed by atoms with Gasteiger partial charge in [-0.05, 0) is 62.5 Å². The highest BCUT2D eigenvalue weighted by atomic mass is 35.5. The molecular weight excluding hydrogens is 583 g/mol. The van der Waals surface area contributed by atoms with E-state index in [1.54, 1.807) is 19.1 Å². The fourth-order valence-corrected chi connectivity index (χ4v) is 7.14. The first-order chi connectivity index (χ1) is 20.3. The number of likely N-dealkylation sites (tertiary alicyclic amines) is 1. The first-order valence-corrected chi connectivity index (χ1v) is 15.3. The van der Waals surface area contributed by atoms with E-state index in [2.05, 4.69) is 9.88 Å². The number of fused-ring (bicyclic) bond motifs is 2. The molecule has 3 aliphatic rings. The number of thiazole rings is 1. The van der Waals surface area contributed by atoms with Crippen molar-refractivity contribution in [1.82, 2.24) is 19.4 Å². The summed E-state index contributed by atoms with van der Waals surface area (Å²) in [6, 6.07) is 12.4.